The zero-order valence-electron chi connectivity index (χ0n) is 26.5. The van der Waals surface area contributed by atoms with E-state index in [-0.39, 0.29) is 12.2 Å². The lowest BCUT2D eigenvalue weighted by atomic mass is 10.0. The van der Waals surface area contributed by atoms with Gasteiger partial charge in [0.25, 0.3) is 0 Å². The van der Waals surface area contributed by atoms with Gasteiger partial charge in [-0.15, -0.1) is 0 Å². The number of hydrogen-bond donors (Lipinski definition) is 1. The topological polar surface area (TPSA) is 143 Å². The van der Waals surface area contributed by atoms with Crippen LogP contribution in [0.4, 0.5) is 4.79 Å². The number of amides is 1. The van der Waals surface area contributed by atoms with E-state index in [2.05, 4.69) is 33.4 Å². The Bertz CT molecular complexity index is 1810. The zero-order valence-corrected chi connectivity index (χ0v) is 28.1. The lowest BCUT2D eigenvalue weighted by molar-refractivity contribution is -0.145. The number of aromatic nitrogens is 1. The van der Waals surface area contributed by atoms with Crippen molar-refractivity contribution in [1.29, 1.82) is 10.5 Å². The number of methoxy groups -OCH3 is 1. The molecule has 238 valence electrons. The van der Waals surface area contributed by atoms with Gasteiger partial charge in [0.15, 0.2) is 0 Å². The van der Waals surface area contributed by atoms with E-state index in [1.165, 1.54) is 17.9 Å². The van der Waals surface area contributed by atoms with Crippen molar-refractivity contribution in [1.82, 2.24) is 9.88 Å². The van der Waals surface area contributed by atoms with Gasteiger partial charge in [0.1, 0.15) is 24.0 Å². The first-order chi connectivity index (χ1) is 21.8. The molecular formula is C35H35BrN4O6. The van der Waals surface area contributed by atoms with Crippen LogP contribution in [-0.4, -0.2) is 47.9 Å². The van der Waals surface area contributed by atoms with Crippen molar-refractivity contribution in [3.05, 3.63) is 87.6 Å². The molecule has 0 radical (unpaired) electrons. The van der Waals surface area contributed by atoms with Crippen LogP contribution in [0, 0.1) is 22.7 Å². The maximum Gasteiger partial charge on any atom is 0.408 e. The molecule has 0 bridgehead atoms. The second-order valence-corrected chi connectivity index (χ2v) is 12.0. The van der Waals surface area contributed by atoms with Crippen molar-refractivity contribution in [3.63, 3.8) is 0 Å². The molecule has 0 aliphatic heterocycles. The van der Waals surface area contributed by atoms with Gasteiger partial charge in [-0.2, -0.15) is 10.5 Å². The quantitative estimate of drug-likeness (QED) is 0.133. The number of allylic oxidation sites excluding steroid dienone is 3. The van der Waals surface area contributed by atoms with Gasteiger partial charge in [-0.1, -0.05) is 34.2 Å². The number of alkyl carbamates (subject to hydrolysis) is 1. The summed E-state index contributed by atoms with van der Waals surface area (Å²) in [5.74, 6) is -0.903. The van der Waals surface area contributed by atoms with Gasteiger partial charge in [0, 0.05) is 27.2 Å². The van der Waals surface area contributed by atoms with Crippen LogP contribution in [0.1, 0.15) is 62.5 Å². The van der Waals surface area contributed by atoms with Gasteiger partial charge >= 0.3 is 12.1 Å². The summed E-state index contributed by atoms with van der Waals surface area (Å²) in [7, 11) is 1.49. The van der Waals surface area contributed by atoms with E-state index in [1.807, 2.05) is 6.92 Å². The molecule has 0 aliphatic carbocycles. The zero-order chi connectivity index (χ0) is 34.0. The van der Waals surface area contributed by atoms with Crippen molar-refractivity contribution in [2.24, 2.45) is 0 Å². The van der Waals surface area contributed by atoms with E-state index in [9.17, 15) is 24.9 Å². The minimum Gasteiger partial charge on any atom is -0.496 e. The highest BCUT2D eigenvalue weighted by Gasteiger charge is 2.29. The first kappa shape index (κ1) is 35.4. The van der Waals surface area contributed by atoms with E-state index in [0.717, 1.165) is 5.57 Å². The van der Waals surface area contributed by atoms with Crippen LogP contribution in [0.15, 0.2) is 70.9 Å². The van der Waals surface area contributed by atoms with Crippen molar-refractivity contribution < 1.29 is 28.6 Å². The number of ether oxygens (including phenoxy) is 3. The number of nitriles is 2. The van der Waals surface area contributed by atoms with Gasteiger partial charge in [-0.25, -0.2) is 9.59 Å². The van der Waals surface area contributed by atoms with E-state index in [1.54, 1.807) is 88.4 Å². The van der Waals surface area contributed by atoms with Crippen molar-refractivity contribution >= 4 is 56.5 Å². The average molecular weight is 688 g/mol. The molecule has 0 fully saturated rings. The van der Waals surface area contributed by atoms with E-state index in [4.69, 9.17) is 14.2 Å². The van der Waals surface area contributed by atoms with Crippen molar-refractivity contribution in [2.75, 3.05) is 13.7 Å². The molecule has 0 spiro atoms. The molecule has 1 atom stereocenters. The summed E-state index contributed by atoms with van der Waals surface area (Å²) in [6.45, 7) is 8.61. The molecule has 1 aromatic heterocycles. The number of nitrogens with one attached hydrogen (secondary N) is 1. The third-order valence-corrected chi connectivity index (χ3v) is 7.08. The highest BCUT2D eigenvalue weighted by atomic mass is 79.9. The summed E-state index contributed by atoms with van der Waals surface area (Å²) in [5, 5.41) is 22.7. The third-order valence-electron chi connectivity index (χ3n) is 6.59. The number of rotatable bonds is 10. The Morgan fingerprint density at radius 2 is 1.85 bits per heavy atom. The van der Waals surface area contributed by atoms with Gasteiger partial charge in [-0.05, 0) is 82.7 Å². The molecule has 0 unspecified atom stereocenters. The maximum atomic E-state index is 13.9. The van der Waals surface area contributed by atoms with Crippen LogP contribution in [0.5, 0.6) is 5.75 Å². The van der Waals surface area contributed by atoms with Crippen LogP contribution >= 0.6 is 15.9 Å². The Morgan fingerprint density at radius 1 is 1.11 bits per heavy atom. The second kappa shape index (κ2) is 15.7. The molecule has 46 heavy (non-hydrogen) atoms. The first-order valence-corrected chi connectivity index (χ1v) is 15.1. The monoisotopic (exact) mass is 686 g/mol. The average Bonchev–Trinajstić information content (AvgIpc) is 3.38. The molecular weight excluding hydrogens is 652 g/mol. The number of esters is 1. The normalized spacial score (nSPS) is 12.7. The number of hydrogen-bond acceptors (Lipinski definition) is 8. The molecule has 11 heteroatoms. The molecule has 0 aliphatic rings. The predicted molar refractivity (Wildman–Crippen MR) is 179 cm³/mol. The van der Waals surface area contributed by atoms with E-state index >= 15 is 0 Å². The molecule has 1 N–H and O–H groups in total. The van der Waals surface area contributed by atoms with Crippen LogP contribution < -0.4 is 10.1 Å². The first-order valence-electron chi connectivity index (χ1n) is 14.3. The Kier molecular flexibility index (Phi) is 12.1. The minimum atomic E-state index is -1.37. The van der Waals surface area contributed by atoms with Gasteiger partial charge in [0.05, 0.1) is 42.3 Å². The summed E-state index contributed by atoms with van der Waals surface area (Å²) in [6, 6.07) is 13.0. The highest BCUT2D eigenvalue weighted by Crippen LogP contribution is 2.33. The highest BCUT2D eigenvalue weighted by molar-refractivity contribution is 9.10. The smallest absolute Gasteiger partial charge is 0.408 e. The molecule has 3 aromatic rings. The molecule has 0 saturated heterocycles. The Labute approximate surface area is 276 Å². The fraction of sp³-hybridized carbons (Fsp3) is 0.286. The largest absolute Gasteiger partial charge is 0.496 e. The second-order valence-electron chi connectivity index (χ2n) is 11.1. The summed E-state index contributed by atoms with van der Waals surface area (Å²) in [4.78, 5) is 39.8. The number of halogens is 1. The van der Waals surface area contributed by atoms with E-state index in [0.29, 0.717) is 37.8 Å². The summed E-state index contributed by atoms with van der Waals surface area (Å²) in [5.41, 5.74) is 1.87. The lowest BCUT2D eigenvalue weighted by Gasteiger charge is -2.23. The number of benzene rings is 2. The Balaban J connectivity index is 2.06. The number of carbonyl (C=O) groups is 3. The van der Waals surface area contributed by atoms with Crippen molar-refractivity contribution in [2.45, 2.75) is 52.7 Å². The maximum absolute atomic E-state index is 13.9. The Hall–Kier alpha value is -5.13. The summed E-state index contributed by atoms with van der Waals surface area (Å²) < 4.78 is 18.3. The Morgan fingerprint density at radius 3 is 2.46 bits per heavy atom. The molecule has 2 aromatic carbocycles. The number of carbonyl (C=O) groups excluding carboxylic acids is 3. The molecule has 1 amide bonds. The van der Waals surface area contributed by atoms with Gasteiger partial charge < -0.3 is 19.5 Å². The lowest BCUT2D eigenvalue weighted by Crippen LogP contribution is -2.46. The number of fused-ring (bicyclic) bond motifs is 1. The van der Waals surface area contributed by atoms with Crippen LogP contribution in [0.25, 0.3) is 22.6 Å². The van der Waals surface area contributed by atoms with E-state index < -0.39 is 36.0 Å². The van der Waals surface area contributed by atoms with Crippen LogP contribution in [0.2, 0.25) is 0 Å². The number of nitrogens with zero attached hydrogens (tertiary/aromatic N) is 3. The standard InChI is InChI=1S/C35H35BrN4O6/c1-7-9-22(8-2)21-45-33(42)29(39-34(43)46-35(3,4)5)17-32(41)40-20-28(27-16-26(36)11-12-30(27)40)25(19-38)15-24-14-23(18-37)10-13-31(24)44-6/h7-16,20,29H,17,21H2,1-6H3,(H,39,43)/b9-7-,22-8+,25-15+/t29-/m1/s1. The molecule has 10 nitrogen and oxygen atoms in total. The fourth-order valence-corrected chi connectivity index (χ4v) is 4.84. The third kappa shape index (κ3) is 9.19. The minimum absolute atomic E-state index is 0.0578. The summed E-state index contributed by atoms with van der Waals surface area (Å²) in [6.07, 6.45) is 7.12. The van der Waals surface area contributed by atoms with Gasteiger partial charge in [-0.3, -0.25) is 9.36 Å². The molecule has 0 saturated carbocycles. The van der Waals surface area contributed by atoms with Gasteiger partial charge in [0.2, 0.25) is 5.91 Å². The fourth-order valence-electron chi connectivity index (χ4n) is 4.48. The molecule has 3 rings (SSSR count). The molecule has 1 heterocycles. The van der Waals surface area contributed by atoms with Crippen LogP contribution in [-0.2, 0) is 14.3 Å². The SMILES string of the molecule is C/C=C\C(=C/C)COC(=O)[C@@H](CC(=O)n1cc(/C(C#N)=C/c2cc(C#N)ccc2OC)c2cc(Br)ccc21)NC(=O)OC(C)(C)C. The van der Waals surface area contributed by atoms with Crippen LogP contribution in [0.3, 0.4) is 0 Å². The predicted octanol–water partition coefficient (Wildman–Crippen LogP) is 7.34. The summed E-state index contributed by atoms with van der Waals surface area (Å²) >= 11 is 3.46. The van der Waals surface area contributed by atoms with Crippen molar-refractivity contribution in [3.8, 4) is 17.9 Å².